The predicted molar refractivity (Wildman–Crippen MR) is 143 cm³/mol. The van der Waals surface area contributed by atoms with E-state index in [1.54, 1.807) is 11.8 Å². The second-order valence-electron chi connectivity index (χ2n) is 8.63. The first kappa shape index (κ1) is 21.7. The third kappa shape index (κ3) is 4.25. The highest BCUT2D eigenvalue weighted by Gasteiger charge is 2.25. The molecule has 172 valence electrons. The third-order valence-corrected chi connectivity index (χ3v) is 7.40. The molecule has 0 amide bonds. The first-order chi connectivity index (χ1) is 17.3. The summed E-state index contributed by atoms with van der Waals surface area (Å²) in [6.45, 7) is 0.930. The number of benzene rings is 4. The maximum absolute atomic E-state index is 11.4. The molecule has 0 fully saturated rings. The zero-order valence-electron chi connectivity index (χ0n) is 19.2. The van der Waals surface area contributed by atoms with Gasteiger partial charge in [0.25, 0.3) is 0 Å². The summed E-state index contributed by atoms with van der Waals surface area (Å²) in [6.07, 6.45) is 1.25. The van der Waals surface area contributed by atoms with E-state index in [2.05, 4.69) is 82.3 Å². The molecule has 1 atom stereocenters. The van der Waals surface area contributed by atoms with Crippen LogP contribution >= 0.6 is 11.8 Å². The molecule has 1 aliphatic rings. The summed E-state index contributed by atoms with van der Waals surface area (Å²) in [5.41, 5.74) is 6.36. The Morgan fingerprint density at radius 2 is 1.20 bits per heavy atom. The molecule has 1 aliphatic heterocycles. The Morgan fingerprint density at radius 1 is 0.657 bits per heavy atom. The van der Waals surface area contributed by atoms with Crippen LogP contribution in [0.3, 0.4) is 0 Å². The fourth-order valence-electron chi connectivity index (χ4n) is 4.70. The number of hydrogen-bond donors (Lipinski definition) is 1. The predicted octanol–water partition coefficient (Wildman–Crippen LogP) is 6.88. The number of nitrogens with zero attached hydrogens (tertiary/aromatic N) is 3. The highest BCUT2D eigenvalue weighted by atomic mass is 32.2. The van der Waals surface area contributed by atoms with Crippen LogP contribution in [-0.2, 0) is 6.54 Å². The van der Waals surface area contributed by atoms with Crippen molar-refractivity contribution in [1.82, 2.24) is 9.55 Å². The molecule has 2 heterocycles. The van der Waals surface area contributed by atoms with Gasteiger partial charge in [0.15, 0.2) is 0 Å². The Morgan fingerprint density at radius 3 is 1.83 bits per heavy atom. The third-order valence-electron chi connectivity index (χ3n) is 6.26. The van der Waals surface area contributed by atoms with Crippen molar-refractivity contribution in [3.05, 3.63) is 116 Å². The Labute approximate surface area is 209 Å². The number of β-amino-alcohol motifs (C(OH)–C–C–N with tert-alkyl or cyclic N) is 1. The Balaban J connectivity index is 1.34. The minimum absolute atomic E-state index is 0.442. The lowest BCUT2D eigenvalue weighted by atomic mass is 10.0. The molecular formula is C30H25N3OS. The molecule has 4 aromatic carbocycles. The first-order valence-corrected chi connectivity index (χ1v) is 12.6. The van der Waals surface area contributed by atoms with Gasteiger partial charge >= 0.3 is 0 Å². The van der Waals surface area contributed by atoms with Gasteiger partial charge in [-0.15, -0.1) is 0 Å². The highest BCUT2D eigenvalue weighted by Crippen LogP contribution is 2.47. The molecule has 5 heteroatoms. The zero-order valence-corrected chi connectivity index (χ0v) is 20.0. The van der Waals surface area contributed by atoms with E-state index in [0.29, 0.717) is 13.1 Å². The highest BCUT2D eigenvalue weighted by molar-refractivity contribution is 7.99. The Bertz CT molecular complexity index is 1400. The molecule has 6 rings (SSSR count). The van der Waals surface area contributed by atoms with E-state index in [1.807, 2.05) is 42.7 Å². The number of aromatic nitrogens is 2. The molecule has 35 heavy (non-hydrogen) atoms. The topological polar surface area (TPSA) is 41.3 Å². The average molecular weight is 476 g/mol. The van der Waals surface area contributed by atoms with Crippen LogP contribution in [0.25, 0.3) is 22.5 Å². The van der Waals surface area contributed by atoms with Gasteiger partial charge in [0.05, 0.1) is 48.3 Å². The molecule has 0 saturated carbocycles. The van der Waals surface area contributed by atoms with Gasteiger partial charge in [-0.05, 0) is 24.3 Å². The van der Waals surface area contributed by atoms with E-state index in [-0.39, 0.29) is 0 Å². The van der Waals surface area contributed by atoms with E-state index in [1.165, 1.54) is 9.79 Å². The monoisotopic (exact) mass is 475 g/mol. The summed E-state index contributed by atoms with van der Waals surface area (Å²) in [6, 6.07) is 37.3. The number of para-hydroxylation sites is 2. The van der Waals surface area contributed by atoms with Gasteiger partial charge < -0.3 is 14.6 Å². The lowest BCUT2D eigenvalue weighted by Gasteiger charge is -2.34. The summed E-state index contributed by atoms with van der Waals surface area (Å²) >= 11 is 1.78. The lowest BCUT2D eigenvalue weighted by Crippen LogP contribution is -2.33. The van der Waals surface area contributed by atoms with Crippen LogP contribution in [0.4, 0.5) is 11.4 Å². The minimum atomic E-state index is -0.598. The molecule has 1 N–H and O–H groups in total. The molecule has 1 unspecified atom stereocenters. The van der Waals surface area contributed by atoms with Crippen molar-refractivity contribution in [3.8, 4) is 22.5 Å². The standard InChI is InChI=1S/C30H25N3OS/c34-24(20-33-25-15-7-9-17-27(25)35-28-18-10-8-16-26(28)33)19-32-21-31-29(22-11-3-1-4-12-22)30(32)23-13-5-2-6-14-23/h1-18,21,24,34H,19-20H2. The summed E-state index contributed by atoms with van der Waals surface area (Å²) < 4.78 is 2.08. The lowest BCUT2D eigenvalue weighted by molar-refractivity contribution is 0.162. The van der Waals surface area contributed by atoms with E-state index >= 15 is 0 Å². The number of aliphatic hydroxyl groups is 1. The summed E-state index contributed by atoms with van der Waals surface area (Å²) in [5.74, 6) is 0. The average Bonchev–Trinajstić information content (AvgIpc) is 3.33. The van der Waals surface area contributed by atoms with E-state index in [0.717, 1.165) is 33.9 Å². The van der Waals surface area contributed by atoms with Crippen molar-refractivity contribution in [2.45, 2.75) is 22.4 Å². The van der Waals surface area contributed by atoms with Crippen LogP contribution in [0.5, 0.6) is 0 Å². The van der Waals surface area contributed by atoms with Gasteiger partial charge in [-0.1, -0.05) is 96.7 Å². The summed E-state index contributed by atoms with van der Waals surface area (Å²) in [7, 11) is 0. The van der Waals surface area contributed by atoms with Crippen molar-refractivity contribution in [2.75, 3.05) is 11.4 Å². The number of anilines is 2. The van der Waals surface area contributed by atoms with Crippen LogP contribution in [0, 0.1) is 0 Å². The molecule has 1 aromatic heterocycles. The molecule has 5 aromatic rings. The summed E-state index contributed by atoms with van der Waals surface area (Å²) in [5, 5.41) is 11.4. The summed E-state index contributed by atoms with van der Waals surface area (Å²) in [4.78, 5) is 9.42. The van der Waals surface area contributed by atoms with Gasteiger partial charge in [-0.25, -0.2) is 4.98 Å². The maximum atomic E-state index is 11.4. The van der Waals surface area contributed by atoms with Crippen molar-refractivity contribution in [3.63, 3.8) is 0 Å². The largest absolute Gasteiger partial charge is 0.389 e. The number of fused-ring (bicyclic) bond motifs is 2. The fraction of sp³-hybridized carbons (Fsp3) is 0.100. The molecular weight excluding hydrogens is 450 g/mol. The second-order valence-corrected chi connectivity index (χ2v) is 9.71. The van der Waals surface area contributed by atoms with Crippen molar-refractivity contribution in [2.24, 2.45) is 0 Å². The molecule has 0 spiro atoms. The van der Waals surface area contributed by atoms with Gasteiger partial charge in [-0.2, -0.15) is 0 Å². The van der Waals surface area contributed by atoms with Crippen LogP contribution in [0.2, 0.25) is 0 Å². The second kappa shape index (κ2) is 9.45. The van der Waals surface area contributed by atoms with Gasteiger partial charge in [0, 0.05) is 20.9 Å². The van der Waals surface area contributed by atoms with E-state index in [4.69, 9.17) is 4.98 Å². The Kier molecular flexibility index (Phi) is 5.86. The number of imidazole rings is 1. The molecule has 0 saturated heterocycles. The molecule has 0 radical (unpaired) electrons. The number of rotatable bonds is 6. The van der Waals surface area contributed by atoms with Crippen LogP contribution in [0.1, 0.15) is 0 Å². The van der Waals surface area contributed by atoms with Gasteiger partial charge in [0.1, 0.15) is 0 Å². The quantitative estimate of drug-likeness (QED) is 0.291. The van der Waals surface area contributed by atoms with Crippen LogP contribution < -0.4 is 4.90 Å². The molecule has 4 nitrogen and oxygen atoms in total. The smallest absolute Gasteiger partial charge is 0.0963 e. The van der Waals surface area contributed by atoms with E-state index in [9.17, 15) is 5.11 Å². The van der Waals surface area contributed by atoms with Crippen molar-refractivity contribution < 1.29 is 5.11 Å². The maximum Gasteiger partial charge on any atom is 0.0963 e. The van der Waals surface area contributed by atoms with Crippen molar-refractivity contribution in [1.29, 1.82) is 0 Å². The SMILES string of the molecule is OC(CN1c2ccccc2Sc2ccccc21)Cn1cnc(-c2ccccc2)c1-c1ccccc1. The van der Waals surface area contributed by atoms with Gasteiger partial charge in [0.2, 0.25) is 0 Å². The number of aliphatic hydroxyl groups excluding tert-OH is 1. The van der Waals surface area contributed by atoms with Crippen molar-refractivity contribution >= 4 is 23.1 Å². The molecule has 0 aliphatic carbocycles. The van der Waals surface area contributed by atoms with E-state index < -0.39 is 6.10 Å². The normalized spacial score (nSPS) is 13.2. The first-order valence-electron chi connectivity index (χ1n) is 11.8. The van der Waals surface area contributed by atoms with Crippen LogP contribution in [-0.4, -0.2) is 27.3 Å². The van der Waals surface area contributed by atoms with Crippen LogP contribution in [0.15, 0.2) is 125 Å². The Hall–Kier alpha value is -3.80. The fourth-order valence-corrected chi connectivity index (χ4v) is 5.80. The minimum Gasteiger partial charge on any atom is -0.389 e. The van der Waals surface area contributed by atoms with Gasteiger partial charge in [-0.3, -0.25) is 0 Å². The zero-order chi connectivity index (χ0) is 23.6. The molecule has 0 bridgehead atoms. The number of hydrogen-bond acceptors (Lipinski definition) is 4.